The molecule has 0 unspecified atom stereocenters. The van der Waals surface area contributed by atoms with E-state index >= 15 is 0 Å². The van der Waals surface area contributed by atoms with E-state index in [0.29, 0.717) is 18.1 Å². The molecular weight excluding hydrogens is 334 g/mol. The summed E-state index contributed by atoms with van der Waals surface area (Å²) < 4.78 is 0. The van der Waals surface area contributed by atoms with Crippen molar-refractivity contribution in [1.29, 1.82) is 0 Å². The van der Waals surface area contributed by atoms with Crippen LogP contribution in [0.15, 0.2) is 16.7 Å². The summed E-state index contributed by atoms with van der Waals surface area (Å²) in [7, 11) is 0. The topological polar surface area (TPSA) is 163 Å². The highest BCUT2D eigenvalue weighted by atomic mass is 35.5. The third-order valence-corrected chi connectivity index (χ3v) is 3.47. The number of nitrogens with zero attached hydrogens (tertiary/aromatic N) is 3. The Balaban J connectivity index is 0.00000441. The van der Waals surface area contributed by atoms with Gasteiger partial charge in [0.15, 0.2) is 16.2 Å². The lowest BCUT2D eigenvalue weighted by Crippen LogP contribution is -3.00. The van der Waals surface area contributed by atoms with Gasteiger partial charge in [0.1, 0.15) is 5.10 Å². The standard InChI is InChI=1S/C10H17N7O3S.ClH/c1-6(2-3-13-9(12)16-17(19)20)7(11)8(18)15-10-14-4-5-21-10;/h4-7H,2-3,11H2,1H3,(H3,12,13,16)(H,14,15,18);1H/t6-,7+;/m1./s1. The largest absolute Gasteiger partial charge is 1.00 e. The molecule has 10 nitrogen and oxygen atoms in total. The minimum atomic E-state index is -0.878. The van der Waals surface area contributed by atoms with Gasteiger partial charge in [-0.3, -0.25) is 10.1 Å². The molecule has 1 aromatic rings. The average Bonchev–Trinajstić information content (AvgIpc) is 2.89. The van der Waals surface area contributed by atoms with E-state index in [0.717, 1.165) is 0 Å². The van der Waals surface area contributed by atoms with Gasteiger partial charge in [0, 0.05) is 24.0 Å². The van der Waals surface area contributed by atoms with Gasteiger partial charge in [-0.1, -0.05) is 6.92 Å². The number of halogens is 1. The maximum Gasteiger partial charge on any atom is 0.284 e. The Morgan fingerprint density at radius 1 is 1.68 bits per heavy atom. The lowest BCUT2D eigenvalue weighted by molar-refractivity contribution is -0.485. The number of aromatic nitrogens is 1. The number of quaternary nitrogens is 1. The molecule has 2 atom stereocenters. The van der Waals surface area contributed by atoms with E-state index < -0.39 is 11.1 Å². The molecule has 0 saturated heterocycles. The summed E-state index contributed by atoms with van der Waals surface area (Å²) in [6, 6.07) is -0.468. The number of anilines is 1. The number of nitro groups is 1. The zero-order chi connectivity index (χ0) is 15.8. The van der Waals surface area contributed by atoms with Crippen LogP contribution in [0, 0.1) is 16.0 Å². The first-order valence-electron chi connectivity index (χ1n) is 6.16. The molecule has 22 heavy (non-hydrogen) atoms. The van der Waals surface area contributed by atoms with Crippen molar-refractivity contribution in [3.8, 4) is 0 Å². The summed E-state index contributed by atoms with van der Waals surface area (Å²) in [6.45, 7) is 2.22. The molecule has 1 heterocycles. The zero-order valence-corrected chi connectivity index (χ0v) is 13.4. The molecular formula is C10H18ClN7O3S. The molecule has 0 aliphatic rings. The van der Waals surface area contributed by atoms with Gasteiger partial charge < -0.3 is 29.2 Å². The van der Waals surface area contributed by atoms with Crippen molar-refractivity contribution in [3.63, 3.8) is 0 Å². The lowest BCUT2D eigenvalue weighted by atomic mass is 9.98. The predicted octanol–water partition coefficient (Wildman–Crippen LogP) is -4.18. The maximum atomic E-state index is 11.9. The van der Waals surface area contributed by atoms with Crippen LogP contribution in [-0.2, 0) is 4.79 Å². The Labute approximate surface area is 136 Å². The van der Waals surface area contributed by atoms with Gasteiger partial charge in [-0.2, -0.15) is 0 Å². The number of guanidine groups is 1. The molecule has 0 saturated carbocycles. The van der Waals surface area contributed by atoms with Crippen molar-refractivity contribution in [2.45, 2.75) is 19.4 Å². The van der Waals surface area contributed by atoms with E-state index in [1.165, 1.54) is 11.3 Å². The summed E-state index contributed by atoms with van der Waals surface area (Å²) in [5.74, 6) is -0.523. The number of rotatable bonds is 7. The van der Waals surface area contributed by atoms with Crippen LogP contribution in [0.5, 0.6) is 0 Å². The van der Waals surface area contributed by atoms with Crippen LogP contribution in [0.2, 0.25) is 0 Å². The van der Waals surface area contributed by atoms with Crippen molar-refractivity contribution in [2.75, 3.05) is 11.9 Å². The third-order valence-electron chi connectivity index (χ3n) is 2.78. The quantitative estimate of drug-likeness (QED) is 0.168. The molecule has 0 spiro atoms. The van der Waals surface area contributed by atoms with Crippen molar-refractivity contribution in [1.82, 2.24) is 10.3 Å². The number of carbonyl (C=O) groups excluding carboxylic acids is 1. The molecule has 0 aliphatic heterocycles. The molecule has 124 valence electrons. The van der Waals surface area contributed by atoms with Crippen molar-refractivity contribution in [3.05, 3.63) is 21.7 Å². The van der Waals surface area contributed by atoms with Crippen LogP contribution < -0.4 is 34.5 Å². The van der Waals surface area contributed by atoms with E-state index in [1.807, 2.05) is 6.92 Å². The molecule has 1 amide bonds. The number of hydrogen-bond acceptors (Lipinski definition) is 5. The summed E-state index contributed by atoms with van der Waals surface area (Å²) in [4.78, 5) is 26.0. The third kappa shape index (κ3) is 7.15. The molecule has 7 N–H and O–H groups in total. The van der Waals surface area contributed by atoms with Crippen LogP contribution in [-0.4, -0.2) is 34.5 Å². The fourth-order valence-corrected chi connectivity index (χ4v) is 2.03. The fourth-order valence-electron chi connectivity index (χ4n) is 1.49. The number of thiazole rings is 1. The first kappa shape index (κ1) is 20.0. The Kier molecular flexibility index (Phi) is 8.98. The van der Waals surface area contributed by atoms with Crippen LogP contribution in [0.4, 0.5) is 5.13 Å². The minimum Gasteiger partial charge on any atom is -1.00 e. The molecule has 0 bridgehead atoms. The predicted molar refractivity (Wildman–Crippen MR) is 77.8 cm³/mol. The monoisotopic (exact) mass is 351 g/mol. The van der Waals surface area contributed by atoms with Gasteiger partial charge in [0.2, 0.25) is 0 Å². The van der Waals surface area contributed by atoms with Gasteiger partial charge in [-0.25, -0.2) is 15.1 Å². The smallest absolute Gasteiger partial charge is 0.284 e. The van der Waals surface area contributed by atoms with Gasteiger partial charge in [0.05, 0.1) is 0 Å². The van der Waals surface area contributed by atoms with E-state index in [1.54, 1.807) is 11.6 Å². The number of amides is 1. The highest BCUT2D eigenvalue weighted by molar-refractivity contribution is 7.13. The number of carbonyl (C=O) groups is 1. The first-order valence-corrected chi connectivity index (χ1v) is 7.04. The Hall–Kier alpha value is -1.98. The van der Waals surface area contributed by atoms with E-state index in [-0.39, 0.29) is 30.2 Å². The second kappa shape index (κ2) is 9.87. The highest BCUT2D eigenvalue weighted by Gasteiger charge is 2.25. The SMILES string of the molecule is C[C@H](CCN/C(N)=N/[N+](=O)[O-])[C@H]([NH3+])C(=O)Nc1nccs1.[Cl-]. The number of hydrazone groups is 1. The second-order valence-corrected chi connectivity index (χ2v) is 5.24. The van der Waals surface area contributed by atoms with Crippen LogP contribution >= 0.6 is 11.3 Å². The van der Waals surface area contributed by atoms with Gasteiger partial charge >= 0.3 is 0 Å². The van der Waals surface area contributed by atoms with Gasteiger partial charge in [-0.15, -0.1) is 11.3 Å². The molecule has 0 fully saturated rings. The van der Waals surface area contributed by atoms with Crippen molar-refractivity contribution >= 4 is 28.3 Å². The number of nitrogens with two attached hydrogens (primary N) is 1. The fraction of sp³-hybridized carbons (Fsp3) is 0.500. The van der Waals surface area contributed by atoms with E-state index in [2.05, 4.69) is 26.5 Å². The normalized spacial score (nSPS) is 13.6. The number of hydrogen-bond donors (Lipinski definition) is 4. The Bertz CT molecular complexity index is 511. The maximum absolute atomic E-state index is 11.9. The Morgan fingerprint density at radius 2 is 2.36 bits per heavy atom. The Morgan fingerprint density at radius 3 is 2.91 bits per heavy atom. The molecule has 1 aromatic heterocycles. The molecule has 0 aliphatic carbocycles. The molecule has 0 aromatic carbocycles. The van der Waals surface area contributed by atoms with Crippen LogP contribution in [0.3, 0.4) is 0 Å². The van der Waals surface area contributed by atoms with Crippen molar-refractivity contribution < 1.29 is 28.0 Å². The average molecular weight is 352 g/mol. The van der Waals surface area contributed by atoms with Gasteiger partial charge in [-0.05, 0) is 6.42 Å². The number of nitrogens with one attached hydrogen (secondary N) is 2. The summed E-state index contributed by atoms with van der Waals surface area (Å²) in [6.07, 6.45) is 2.16. The molecule has 0 radical (unpaired) electrons. The minimum absolute atomic E-state index is 0. The zero-order valence-electron chi connectivity index (χ0n) is 11.9. The summed E-state index contributed by atoms with van der Waals surface area (Å²) in [5, 5.41) is 19.7. The van der Waals surface area contributed by atoms with Gasteiger partial charge in [0.25, 0.3) is 11.9 Å². The van der Waals surface area contributed by atoms with Crippen LogP contribution in [0.1, 0.15) is 13.3 Å². The van der Waals surface area contributed by atoms with E-state index in [4.69, 9.17) is 5.73 Å². The van der Waals surface area contributed by atoms with Crippen molar-refractivity contribution in [2.24, 2.45) is 16.8 Å². The van der Waals surface area contributed by atoms with E-state index in [9.17, 15) is 14.9 Å². The second-order valence-electron chi connectivity index (χ2n) is 4.35. The first-order chi connectivity index (χ1) is 9.90. The highest BCUT2D eigenvalue weighted by Crippen LogP contribution is 2.12. The summed E-state index contributed by atoms with van der Waals surface area (Å²) in [5.41, 5.74) is 9.11. The lowest BCUT2D eigenvalue weighted by Gasteiger charge is -2.15. The summed E-state index contributed by atoms with van der Waals surface area (Å²) >= 11 is 1.33. The molecule has 12 heteroatoms. The van der Waals surface area contributed by atoms with Crippen LogP contribution in [0.25, 0.3) is 0 Å². The molecule has 1 rings (SSSR count).